The number of aromatic nitrogens is 2. The zero-order valence-electron chi connectivity index (χ0n) is 10.5. The summed E-state index contributed by atoms with van der Waals surface area (Å²) in [5.41, 5.74) is 6.39. The van der Waals surface area contributed by atoms with Crippen LogP contribution in [-0.2, 0) is 18.2 Å². The molecule has 0 aliphatic heterocycles. The number of esters is 1. The van der Waals surface area contributed by atoms with Gasteiger partial charge >= 0.3 is 5.97 Å². The van der Waals surface area contributed by atoms with Gasteiger partial charge in [-0.2, -0.15) is 0 Å². The molecule has 0 spiro atoms. The molecule has 0 saturated heterocycles. The van der Waals surface area contributed by atoms with Gasteiger partial charge in [0.05, 0.1) is 17.2 Å². The molecule has 5 nitrogen and oxygen atoms in total. The molecule has 0 fully saturated rings. The number of imidazole rings is 1. The molecule has 0 bridgehead atoms. The third-order valence-electron chi connectivity index (χ3n) is 2.69. The molecular formula is C13H14ClN3O2. The quantitative estimate of drug-likeness (QED) is 0.687. The van der Waals surface area contributed by atoms with Crippen LogP contribution in [0.2, 0.25) is 5.02 Å². The lowest BCUT2D eigenvalue weighted by Crippen LogP contribution is -2.10. The van der Waals surface area contributed by atoms with Gasteiger partial charge in [0.25, 0.3) is 0 Å². The Morgan fingerprint density at radius 3 is 2.95 bits per heavy atom. The van der Waals surface area contributed by atoms with Crippen LogP contribution < -0.4 is 5.73 Å². The van der Waals surface area contributed by atoms with Crippen LogP contribution in [0.4, 0.5) is 5.69 Å². The summed E-state index contributed by atoms with van der Waals surface area (Å²) >= 11 is 5.93. The number of hydrogen-bond donors (Lipinski definition) is 1. The van der Waals surface area contributed by atoms with Crippen LogP contribution in [0.5, 0.6) is 0 Å². The normalized spacial score (nSPS) is 10.4. The first-order valence-electron chi connectivity index (χ1n) is 5.76. The third-order valence-corrected chi connectivity index (χ3v) is 3.01. The Bertz CT molecular complexity index is 595. The van der Waals surface area contributed by atoms with Gasteiger partial charge in [-0.05, 0) is 18.2 Å². The van der Waals surface area contributed by atoms with E-state index in [2.05, 4.69) is 4.98 Å². The van der Waals surface area contributed by atoms with Gasteiger partial charge in [0.15, 0.2) is 0 Å². The molecule has 0 amide bonds. The highest BCUT2D eigenvalue weighted by atomic mass is 35.5. The van der Waals surface area contributed by atoms with E-state index in [4.69, 9.17) is 22.1 Å². The Morgan fingerprint density at radius 1 is 1.53 bits per heavy atom. The number of halogens is 1. The minimum absolute atomic E-state index is 0.254. The topological polar surface area (TPSA) is 70.1 Å². The number of hydrogen-bond acceptors (Lipinski definition) is 4. The van der Waals surface area contributed by atoms with Gasteiger partial charge in [0.2, 0.25) is 0 Å². The molecule has 0 unspecified atom stereocenters. The molecule has 19 heavy (non-hydrogen) atoms. The first kappa shape index (κ1) is 13.4. The number of anilines is 1. The predicted octanol–water partition coefficient (Wildman–Crippen LogP) is 2.06. The van der Waals surface area contributed by atoms with Crippen molar-refractivity contribution in [2.24, 2.45) is 7.05 Å². The number of rotatable bonds is 4. The van der Waals surface area contributed by atoms with E-state index >= 15 is 0 Å². The average Bonchev–Trinajstić information content (AvgIpc) is 2.75. The Kier molecular flexibility index (Phi) is 4.06. The van der Waals surface area contributed by atoms with Crippen LogP contribution in [0.15, 0.2) is 30.6 Å². The largest absolute Gasteiger partial charge is 0.462 e. The molecule has 1 aromatic carbocycles. The maximum Gasteiger partial charge on any atom is 0.339 e. The molecule has 0 saturated carbocycles. The van der Waals surface area contributed by atoms with Crippen LogP contribution in [-0.4, -0.2) is 22.1 Å². The number of carbonyl (C=O) groups excluding carboxylic acids is 1. The Morgan fingerprint density at radius 2 is 2.32 bits per heavy atom. The lowest BCUT2D eigenvalue weighted by molar-refractivity contribution is 0.0507. The number of carbonyl (C=O) groups is 1. The van der Waals surface area contributed by atoms with Crippen LogP contribution in [0, 0.1) is 0 Å². The molecule has 6 heteroatoms. The van der Waals surface area contributed by atoms with Crippen molar-refractivity contribution in [3.05, 3.63) is 47.0 Å². The summed E-state index contributed by atoms with van der Waals surface area (Å²) in [4.78, 5) is 16.0. The molecule has 2 aromatic rings. The fourth-order valence-electron chi connectivity index (χ4n) is 1.65. The summed E-state index contributed by atoms with van der Waals surface area (Å²) in [6, 6.07) is 4.69. The SMILES string of the molecule is Cn1ccnc1CCOC(=O)c1ccc(N)cc1Cl. The summed E-state index contributed by atoms with van der Waals surface area (Å²) in [5.74, 6) is 0.399. The van der Waals surface area contributed by atoms with Crippen molar-refractivity contribution in [3.63, 3.8) is 0 Å². The van der Waals surface area contributed by atoms with Crippen molar-refractivity contribution < 1.29 is 9.53 Å². The van der Waals surface area contributed by atoms with Crippen LogP contribution >= 0.6 is 11.6 Å². The van der Waals surface area contributed by atoms with E-state index in [0.29, 0.717) is 22.7 Å². The summed E-state index contributed by atoms with van der Waals surface area (Å²) in [6.07, 6.45) is 4.10. The first-order chi connectivity index (χ1) is 9.08. The summed E-state index contributed by atoms with van der Waals surface area (Å²) < 4.78 is 7.04. The van der Waals surface area contributed by atoms with Gasteiger partial charge in [-0.25, -0.2) is 9.78 Å². The molecule has 0 atom stereocenters. The Labute approximate surface area is 116 Å². The van der Waals surface area contributed by atoms with Crippen LogP contribution in [0.25, 0.3) is 0 Å². The highest BCUT2D eigenvalue weighted by Gasteiger charge is 2.12. The maximum absolute atomic E-state index is 11.8. The minimum Gasteiger partial charge on any atom is -0.462 e. The maximum atomic E-state index is 11.8. The number of nitrogens with two attached hydrogens (primary N) is 1. The molecule has 1 aromatic heterocycles. The minimum atomic E-state index is -0.459. The van der Waals surface area contributed by atoms with Crippen molar-refractivity contribution in [2.45, 2.75) is 6.42 Å². The molecule has 100 valence electrons. The fraction of sp³-hybridized carbons (Fsp3) is 0.231. The number of nitrogen functional groups attached to an aromatic ring is 1. The molecule has 1 heterocycles. The van der Waals surface area contributed by atoms with Crippen LogP contribution in [0.1, 0.15) is 16.2 Å². The Balaban J connectivity index is 1.93. The zero-order chi connectivity index (χ0) is 13.8. The van der Waals surface area contributed by atoms with Crippen molar-refractivity contribution in [1.82, 2.24) is 9.55 Å². The second-order valence-corrected chi connectivity index (χ2v) is 4.49. The summed E-state index contributed by atoms with van der Waals surface area (Å²) in [7, 11) is 1.89. The number of ether oxygens (including phenoxy) is 1. The lowest BCUT2D eigenvalue weighted by Gasteiger charge is -2.07. The van der Waals surface area contributed by atoms with E-state index < -0.39 is 5.97 Å². The van der Waals surface area contributed by atoms with E-state index in [1.807, 2.05) is 17.8 Å². The van der Waals surface area contributed by atoms with Gasteiger partial charge in [0, 0.05) is 31.5 Å². The smallest absolute Gasteiger partial charge is 0.339 e. The number of nitrogens with zero attached hydrogens (tertiary/aromatic N) is 2. The summed E-state index contributed by atoms with van der Waals surface area (Å²) in [6.45, 7) is 0.254. The standard InChI is InChI=1S/C13H14ClN3O2/c1-17-6-5-16-12(17)4-7-19-13(18)10-3-2-9(15)8-11(10)14/h2-3,5-6,8H,4,7,15H2,1H3. The molecule has 0 radical (unpaired) electrons. The fourth-order valence-corrected chi connectivity index (χ4v) is 1.91. The van der Waals surface area contributed by atoms with E-state index in [1.165, 1.54) is 6.07 Å². The van der Waals surface area contributed by atoms with Crippen molar-refractivity contribution in [1.29, 1.82) is 0 Å². The first-order valence-corrected chi connectivity index (χ1v) is 6.14. The third kappa shape index (κ3) is 3.26. The van der Waals surface area contributed by atoms with Gasteiger partial charge in [-0.1, -0.05) is 11.6 Å². The monoisotopic (exact) mass is 279 g/mol. The second kappa shape index (κ2) is 5.75. The molecular weight excluding hydrogens is 266 g/mol. The average molecular weight is 280 g/mol. The number of benzene rings is 1. The highest BCUT2D eigenvalue weighted by Crippen LogP contribution is 2.19. The Hall–Kier alpha value is -2.01. The summed E-state index contributed by atoms with van der Waals surface area (Å²) in [5, 5.41) is 0.294. The van der Waals surface area contributed by atoms with Crippen molar-refractivity contribution >= 4 is 23.3 Å². The van der Waals surface area contributed by atoms with E-state index in [-0.39, 0.29) is 6.61 Å². The lowest BCUT2D eigenvalue weighted by atomic mass is 10.2. The predicted molar refractivity (Wildman–Crippen MR) is 73.1 cm³/mol. The van der Waals surface area contributed by atoms with Gasteiger partial charge in [-0.15, -0.1) is 0 Å². The van der Waals surface area contributed by atoms with E-state index in [1.54, 1.807) is 18.3 Å². The van der Waals surface area contributed by atoms with Gasteiger partial charge in [0.1, 0.15) is 5.82 Å². The molecule has 2 rings (SSSR count). The van der Waals surface area contributed by atoms with Gasteiger partial charge < -0.3 is 15.0 Å². The van der Waals surface area contributed by atoms with Crippen LogP contribution in [0.3, 0.4) is 0 Å². The van der Waals surface area contributed by atoms with Gasteiger partial charge in [-0.3, -0.25) is 0 Å². The molecule has 2 N–H and O–H groups in total. The van der Waals surface area contributed by atoms with Crippen molar-refractivity contribution in [3.8, 4) is 0 Å². The van der Waals surface area contributed by atoms with E-state index in [0.717, 1.165) is 5.82 Å². The highest BCUT2D eigenvalue weighted by molar-refractivity contribution is 6.33. The zero-order valence-corrected chi connectivity index (χ0v) is 11.2. The van der Waals surface area contributed by atoms with E-state index in [9.17, 15) is 4.79 Å². The molecule has 0 aliphatic rings. The van der Waals surface area contributed by atoms with Crippen molar-refractivity contribution in [2.75, 3.05) is 12.3 Å². The second-order valence-electron chi connectivity index (χ2n) is 4.08. The molecule has 0 aliphatic carbocycles. The number of aryl methyl sites for hydroxylation is 1.